The molecule has 0 saturated heterocycles. The van der Waals surface area contributed by atoms with Gasteiger partial charge in [-0.15, -0.1) is 0 Å². The van der Waals surface area contributed by atoms with Gasteiger partial charge >= 0.3 is 0 Å². The summed E-state index contributed by atoms with van der Waals surface area (Å²) in [6, 6.07) is 20.0. The van der Waals surface area contributed by atoms with Gasteiger partial charge in [0.05, 0.1) is 0 Å². The molecule has 0 aliphatic carbocycles. The number of aldehydes is 1. The number of carbonyl (C=O) groups excluding carboxylic acids is 3. The summed E-state index contributed by atoms with van der Waals surface area (Å²) >= 11 is 11.7. The molecule has 0 aliphatic heterocycles. The van der Waals surface area contributed by atoms with Crippen molar-refractivity contribution in [3.63, 3.8) is 0 Å². The molecule has 3 aromatic carbocycles. The SMILES string of the molecule is CCCN(CC(C)C=O)C(=O)C(O)c1cccc(Cl)c1.CNc1ccc(-c2ccc(Cl)cc2)cc1C(C)=O. The molecule has 0 fully saturated rings. The first kappa shape index (κ1) is 31.0. The summed E-state index contributed by atoms with van der Waals surface area (Å²) in [5.74, 6) is -0.602. The van der Waals surface area contributed by atoms with Crippen molar-refractivity contribution < 1.29 is 19.5 Å². The Morgan fingerprint density at radius 3 is 2.21 bits per heavy atom. The number of benzene rings is 3. The van der Waals surface area contributed by atoms with E-state index in [2.05, 4.69) is 5.32 Å². The summed E-state index contributed by atoms with van der Waals surface area (Å²) in [5.41, 5.74) is 4.06. The highest BCUT2D eigenvalue weighted by Gasteiger charge is 2.24. The van der Waals surface area contributed by atoms with Crippen LogP contribution in [0, 0.1) is 5.92 Å². The monoisotopic (exact) mass is 556 g/mol. The van der Waals surface area contributed by atoms with Crippen LogP contribution in [-0.2, 0) is 9.59 Å². The van der Waals surface area contributed by atoms with E-state index >= 15 is 0 Å². The molecule has 2 unspecified atom stereocenters. The summed E-state index contributed by atoms with van der Waals surface area (Å²) in [6.45, 7) is 6.08. The molecule has 0 radical (unpaired) electrons. The molecule has 2 N–H and O–H groups in total. The number of hydrogen-bond donors (Lipinski definition) is 2. The van der Waals surface area contributed by atoms with Crippen LogP contribution in [0.15, 0.2) is 66.7 Å². The van der Waals surface area contributed by atoms with E-state index in [1.165, 1.54) is 4.90 Å². The van der Waals surface area contributed by atoms with Crippen LogP contribution in [0.3, 0.4) is 0 Å². The van der Waals surface area contributed by atoms with Gasteiger partial charge in [0.2, 0.25) is 0 Å². The zero-order valence-corrected chi connectivity index (χ0v) is 23.6. The van der Waals surface area contributed by atoms with Gasteiger partial charge in [-0.05, 0) is 66.4 Å². The molecule has 0 aromatic heterocycles. The number of nitrogens with one attached hydrogen (secondary N) is 1. The highest BCUT2D eigenvalue weighted by atomic mass is 35.5. The summed E-state index contributed by atoms with van der Waals surface area (Å²) in [5, 5.41) is 14.4. The van der Waals surface area contributed by atoms with Crippen molar-refractivity contribution in [2.24, 2.45) is 5.92 Å². The minimum atomic E-state index is -1.25. The van der Waals surface area contributed by atoms with Gasteiger partial charge in [0.1, 0.15) is 6.29 Å². The zero-order valence-electron chi connectivity index (χ0n) is 22.1. The molecule has 2 atom stereocenters. The van der Waals surface area contributed by atoms with Crippen LogP contribution in [0.5, 0.6) is 0 Å². The molecule has 3 rings (SSSR count). The number of Topliss-reactive ketones (excluding diaryl/α,β-unsaturated/α-hetero) is 1. The Labute approximate surface area is 234 Å². The largest absolute Gasteiger partial charge is 0.388 e. The van der Waals surface area contributed by atoms with Gasteiger partial charge in [-0.25, -0.2) is 0 Å². The molecule has 0 saturated carbocycles. The van der Waals surface area contributed by atoms with Gasteiger partial charge in [-0.1, -0.05) is 67.4 Å². The third kappa shape index (κ3) is 8.98. The lowest BCUT2D eigenvalue weighted by Gasteiger charge is -2.26. The summed E-state index contributed by atoms with van der Waals surface area (Å²) in [7, 11) is 1.81. The fourth-order valence-corrected chi connectivity index (χ4v) is 4.14. The summed E-state index contributed by atoms with van der Waals surface area (Å²) < 4.78 is 0. The predicted octanol–water partition coefficient (Wildman–Crippen LogP) is 6.70. The highest BCUT2D eigenvalue weighted by molar-refractivity contribution is 6.31. The van der Waals surface area contributed by atoms with Crippen molar-refractivity contribution in [3.05, 3.63) is 87.9 Å². The second kappa shape index (κ2) is 15.3. The van der Waals surface area contributed by atoms with Gasteiger partial charge in [-0.2, -0.15) is 0 Å². The van der Waals surface area contributed by atoms with Crippen molar-refractivity contribution in [1.29, 1.82) is 0 Å². The molecule has 38 heavy (non-hydrogen) atoms. The number of nitrogens with zero attached hydrogens (tertiary/aromatic N) is 1. The van der Waals surface area contributed by atoms with Crippen molar-refractivity contribution >= 4 is 46.9 Å². The molecule has 0 aliphatic rings. The van der Waals surface area contributed by atoms with Crippen molar-refractivity contribution in [2.45, 2.75) is 33.3 Å². The van der Waals surface area contributed by atoms with Crippen LogP contribution >= 0.6 is 23.2 Å². The highest BCUT2D eigenvalue weighted by Crippen LogP contribution is 2.26. The number of halogens is 2. The summed E-state index contributed by atoms with van der Waals surface area (Å²) in [4.78, 5) is 36.2. The first-order valence-corrected chi connectivity index (χ1v) is 13.1. The Morgan fingerprint density at radius 1 is 1.00 bits per heavy atom. The van der Waals surface area contributed by atoms with Crippen LogP contribution in [0.1, 0.15) is 49.2 Å². The minimum absolute atomic E-state index is 0.0511. The third-order valence-corrected chi connectivity index (χ3v) is 6.28. The van der Waals surface area contributed by atoms with Gasteiger partial charge in [0, 0.05) is 47.4 Å². The Morgan fingerprint density at radius 2 is 1.66 bits per heavy atom. The first-order valence-electron chi connectivity index (χ1n) is 12.4. The zero-order chi connectivity index (χ0) is 28.2. The first-order chi connectivity index (χ1) is 18.1. The van der Waals surface area contributed by atoms with Crippen LogP contribution < -0.4 is 5.32 Å². The third-order valence-electron chi connectivity index (χ3n) is 5.79. The van der Waals surface area contributed by atoms with E-state index in [0.717, 1.165) is 29.5 Å². The Hall–Kier alpha value is -3.19. The number of aliphatic hydroxyl groups excluding tert-OH is 1. The van der Waals surface area contributed by atoms with Crippen LogP contribution in [0.25, 0.3) is 11.1 Å². The maximum absolute atomic E-state index is 12.3. The van der Waals surface area contributed by atoms with E-state index < -0.39 is 12.0 Å². The molecular formula is C30H34Cl2N2O4. The van der Waals surface area contributed by atoms with Gasteiger partial charge in [0.15, 0.2) is 11.9 Å². The number of aliphatic hydroxyl groups is 1. The van der Waals surface area contributed by atoms with Gasteiger partial charge in [-0.3, -0.25) is 9.59 Å². The quantitative estimate of drug-likeness (QED) is 0.214. The van der Waals surface area contributed by atoms with E-state index in [1.54, 1.807) is 38.1 Å². The number of anilines is 1. The lowest BCUT2D eigenvalue weighted by atomic mass is 10.00. The topological polar surface area (TPSA) is 86.7 Å². The fraction of sp³-hybridized carbons (Fsp3) is 0.300. The molecule has 1 amide bonds. The van der Waals surface area contributed by atoms with Gasteiger partial charge in [0.25, 0.3) is 5.91 Å². The molecule has 8 heteroatoms. The van der Waals surface area contributed by atoms with Crippen molar-refractivity contribution in [1.82, 2.24) is 4.90 Å². The second-order valence-corrected chi connectivity index (χ2v) is 9.80. The fourth-order valence-electron chi connectivity index (χ4n) is 3.82. The summed E-state index contributed by atoms with van der Waals surface area (Å²) in [6.07, 6.45) is 0.320. The van der Waals surface area contributed by atoms with Crippen molar-refractivity contribution in [2.75, 3.05) is 25.5 Å². The van der Waals surface area contributed by atoms with Gasteiger partial charge < -0.3 is 20.1 Å². The Balaban J connectivity index is 0.000000268. The normalized spacial score (nSPS) is 12.0. The maximum Gasteiger partial charge on any atom is 0.256 e. The van der Waals surface area contributed by atoms with E-state index in [1.807, 2.05) is 56.4 Å². The lowest BCUT2D eigenvalue weighted by molar-refractivity contribution is -0.141. The van der Waals surface area contributed by atoms with Crippen LogP contribution in [0.2, 0.25) is 10.0 Å². The molecular weight excluding hydrogens is 523 g/mol. The molecule has 3 aromatic rings. The molecule has 0 bridgehead atoms. The van der Waals surface area contributed by atoms with E-state index in [9.17, 15) is 19.5 Å². The van der Waals surface area contributed by atoms with Crippen LogP contribution in [-0.4, -0.2) is 48.1 Å². The lowest BCUT2D eigenvalue weighted by Crippen LogP contribution is -2.39. The number of amides is 1. The minimum Gasteiger partial charge on any atom is -0.388 e. The number of ketones is 1. The average Bonchev–Trinajstić information content (AvgIpc) is 2.92. The van der Waals surface area contributed by atoms with E-state index in [-0.39, 0.29) is 11.7 Å². The second-order valence-electron chi connectivity index (χ2n) is 8.93. The number of hydrogen-bond acceptors (Lipinski definition) is 5. The Kier molecular flexibility index (Phi) is 12.5. The molecule has 202 valence electrons. The number of carbonyl (C=O) groups is 3. The predicted molar refractivity (Wildman–Crippen MR) is 155 cm³/mol. The molecule has 0 spiro atoms. The molecule has 6 nitrogen and oxygen atoms in total. The van der Waals surface area contributed by atoms with Crippen molar-refractivity contribution in [3.8, 4) is 11.1 Å². The smallest absolute Gasteiger partial charge is 0.256 e. The van der Waals surface area contributed by atoms with E-state index in [4.69, 9.17) is 23.2 Å². The van der Waals surface area contributed by atoms with Crippen LogP contribution in [0.4, 0.5) is 5.69 Å². The maximum atomic E-state index is 12.3. The number of rotatable bonds is 10. The standard InChI is InChI=1S/C15H20ClNO3.C15H14ClNO/c1-3-7-17(9-11(2)10-18)15(20)14(19)12-5-4-6-13(16)8-12;1-10(18)14-9-12(5-8-15(14)17-2)11-3-6-13(16)7-4-11/h4-6,8,10-11,14,19H,3,7,9H2,1-2H3;3-9,17H,1-2H3. The molecule has 0 heterocycles. The Bertz CT molecular complexity index is 1230. The average molecular weight is 558 g/mol. The van der Waals surface area contributed by atoms with E-state index in [0.29, 0.717) is 34.3 Å².